The second kappa shape index (κ2) is 4.96. The topological polar surface area (TPSA) is 58.6 Å². The monoisotopic (exact) mass is 304 g/mol. The third-order valence-electron chi connectivity index (χ3n) is 8.53. The van der Waals surface area contributed by atoms with Gasteiger partial charge < -0.3 is 10.9 Å². The average Bonchev–Trinajstić information content (AvgIpc) is 2.84. The summed E-state index contributed by atoms with van der Waals surface area (Å²) >= 11 is 0. The van der Waals surface area contributed by atoms with Gasteiger partial charge in [0.05, 0.1) is 6.10 Å². The Kier molecular flexibility index (Phi) is 3.38. The van der Waals surface area contributed by atoms with Gasteiger partial charge in [0.15, 0.2) is 0 Å². The predicted molar refractivity (Wildman–Crippen MR) is 89.4 cm³/mol. The fourth-order valence-corrected chi connectivity index (χ4v) is 7.24. The lowest BCUT2D eigenvalue weighted by atomic mass is 9.45. The average molecular weight is 304 g/mol. The summed E-state index contributed by atoms with van der Waals surface area (Å²) in [7, 11) is 0. The smallest absolute Gasteiger partial charge is 0.0543 e. The first-order chi connectivity index (χ1) is 10.5. The van der Waals surface area contributed by atoms with Gasteiger partial charge in [0.1, 0.15) is 0 Å². The van der Waals surface area contributed by atoms with Crippen LogP contribution in [0.1, 0.15) is 71.6 Å². The Hall–Kier alpha value is -0.570. The van der Waals surface area contributed by atoms with Crippen molar-refractivity contribution in [3.8, 4) is 0 Å². The lowest BCUT2D eigenvalue weighted by Gasteiger charge is -2.60. The van der Waals surface area contributed by atoms with Crippen molar-refractivity contribution in [2.75, 3.05) is 0 Å². The van der Waals surface area contributed by atoms with E-state index < -0.39 is 0 Å². The Bertz CT molecular complexity index is 490. The van der Waals surface area contributed by atoms with Crippen LogP contribution in [0.25, 0.3) is 0 Å². The molecule has 4 fully saturated rings. The molecule has 0 bridgehead atoms. The molecule has 3 N–H and O–H groups in total. The summed E-state index contributed by atoms with van der Waals surface area (Å²) in [6.07, 6.45) is 11.0. The van der Waals surface area contributed by atoms with Gasteiger partial charge >= 0.3 is 0 Å². The number of aliphatic hydroxyl groups is 1. The largest absolute Gasteiger partial charge is 0.393 e. The van der Waals surface area contributed by atoms with Gasteiger partial charge in [0.25, 0.3) is 0 Å². The number of nitrogens with two attached hydrogens (primary N) is 1. The molecular formula is C19H32N2O. The van der Waals surface area contributed by atoms with Gasteiger partial charge in [-0.3, -0.25) is 0 Å². The molecule has 0 spiro atoms. The number of nitrogens with zero attached hydrogens (tertiary/aromatic N) is 1. The van der Waals surface area contributed by atoms with Crippen molar-refractivity contribution < 1.29 is 5.11 Å². The molecule has 0 saturated heterocycles. The first-order valence-electron chi connectivity index (χ1n) is 9.44. The van der Waals surface area contributed by atoms with Crippen LogP contribution in [-0.2, 0) is 0 Å². The standard InChI is InChI=1S/C19H32N2O/c1-18-9-7-13(22)11-12(18)3-4-14-15-5-6-17(21-20)19(15,2)10-8-16(14)18/h12-16,22H,3-11,20H2,1-2H3/b21-17+/t12-,13-,14+,15+,16+,18-,19-/m0/s1. The van der Waals surface area contributed by atoms with E-state index in [1.807, 2.05) is 0 Å². The molecule has 3 nitrogen and oxygen atoms in total. The number of rotatable bonds is 0. The fraction of sp³-hybridized carbons (Fsp3) is 0.947. The third-order valence-corrected chi connectivity index (χ3v) is 8.53. The summed E-state index contributed by atoms with van der Waals surface area (Å²) in [5.41, 5.74) is 2.06. The molecule has 22 heavy (non-hydrogen) atoms. The molecule has 4 aliphatic carbocycles. The molecular weight excluding hydrogens is 272 g/mol. The zero-order valence-corrected chi connectivity index (χ0v) is 14.2. The maximum absolute atomic E-state index is 10.1. The third kappa shape index (κ3) is 1.87. The second-order valence-corrected chi connectivity index (χ2v) is 9.16. The van der Waals surface area contributed by atoms with Crippen molar-refractivity contribution in [2.45, 2.75) is 77.7 Å². The van der Waals surface area contributed by atoms with E-state index in [4.69, 9.17) is 5.84 Å². The van der Waals surface area contributed by atoms with E-state index in [1.54, 1.807) is 0 Å². The van der Waals surface area contributed by atoms with E-state index in [-0.39, 0.29) is 11.5 Å². The van der Waals surface area contributed by atoms with Crippen molar-refractivity contribution in [2.24, 2.45) is 45.4 Å². The first kappa shape index (κ1) is 15.0. The van der Waals surface area contributed by atoms with E-state index >= 15 is 0 Å². The Morgan fingerprint density at radius 1 is 1.05 bits per heavy atom. The lowest BCUT2D eigenvalue weighted by Crippen LogP contribution is -2.54. The minimum absolute atomic E-state index is 0.0362. The Labute approximate surface area is 134 Å². The summed E-state index contributed by atoms with van der Waals surface area (Å²) < 4.78 is 0. The summed E-state index contributed by atoms with van der Waals surface area (Å²) in [5, 5.41) is 14.3. The zero-order chi connectivity index (χ0) is 15.5. The Balaban J connectivity index is 1.63. The maximum atomic E-state index is 10.1. The zero-order valence-electron chi connectivity index (χ0n) is 14.2. The number of fused-ring (bicyclic) bond motifs is 5. The molecule has 0 aromatic heterocycles. The molecule has 0 unspecified atom stereocenters. The van der Waals surface area contributed by atoms with Crippen LogP contribution in [-0.4, -0.2) is 16.9 Å². The van der Waals surface area contributed by atoms with Crippen molar-refractivity contribution in [1.29, 1.82) is 0 Å². The molecule has 0 heterocycles. The highest BCUT2D eigenvalue weighted by Crippen LogP contribution is 2.65. The van der Waals surface area contributed by atoms with E-state index in [0.717, 1.165) is 42.9 Å². The van der Waals surface area contributed by atoms with Crippen LogP contribution in [0.4, 0.5) is 0 Å². The van der Waals surface area contributed by atoms with Crippen LogP contribution in [0.15, 0.2) is 5.10 Å². The van der Waals surface area contributed by atoms with Crippen LogP contribution < -0.4 is 5.84 Å². The van der Waals surface area contributed by atoms with Crippen LogP contribution in [0.3, 0.4) is 0 Å². The SMILES string of the molecule is C[C@]12CC[C@H](O)C[C@@H]1CC[C@H]1[C@H]2CC[C@]2(C)/C(=N/N)CC[C@H]12. The van der Waals surface area contributed by atoms with Gasteiger partial charge in [-0.2, -0.15) is 5.10 Å². The fourth-order valence-electron chi connectivity index (χ4n) is 7.24. The van der Waals surface area contributed by atoms with Gasteiger partial charge in [-0.25, -0.2) is 0 Å². The molecule has 0 amide bonds. The highest BCUT2D eigenvalue weighted by molar-refractivity contribution is 5.92. The van der Waals surface area contributed by atoms with Crippen LogP contribution in [0, 0.1) is 34.5 Å². The summed E-state index contributed by atoms with van der Waals surface area (Å²) in [6.45, 7) is 4.99. The van der Waals surface area contributed by atoms with Gasteiger partial charge in [-0.05, 0) is 86.9 Å². The molecule has 0 aromatic rings. The van der Waals surface area contributed by atoms with Gasteiger partial charge in [0.2, 0.25) is 0 Å². The summed E-state index contributed by atoms with van der Waals surface area (Å²) in [5.74, 6) is 9.00. The Morgan fingerprint density at radius 3 is 2.64 bits per heavy atom. The summed E-state index contributed by atoms with van der Waals surface area (Å²) in [6, 6.07) is 0. The number of hydrazone groups is 1. The molecule has 3 heteroatoms. The predicted octanol–water partition coefficient (Wildman–Crippen LogP) is 3.70. The van der Waals surface area contributed by atoms with E-state index in [1.165, 1.54) is 44.2 Å². The molecule has 0 radical (unpaired) electrons. The van der Waals surface area contributed by atoms with Crippen molar-refractivity contribution in [3.05, 3.63) is 0 Å². The number of hydrogen-bond acceptors (Lipinski definition) is 3. The minimum Gasteiger partial charge on any atom is -0.393 e. The normalized spacial score (nSPS) is 56.3. The Morgan fingerprint density at radius 2 is 1.86 bits per heavy atom. The maximum Gasteiger partial charge on any atom is 0.0543 e. The molecule has 4 aliphatic rings. The van der Waals surface area contributed by atoms with E-state index in [9.17, 15) is 5.11 Å². The van der Waals surface area contributed by atoms with Gasteiger partial charge in [-0.1, -0.05) is 13.8 Å². The van der Waals surface area contributed by atoms with Gasteiger partial charge in [-0.15, -0.1) is 0 Å². The molecule has 0 aliphatic heterocycles. The van der Waals surface area contributed by atoms with E-state index in [0.29, 0.717) is 5.41 Å². The highest BCUT2D eigenvalue weighted by Gasteiger charge is 2.59. The molecule has 0 aromatic carbocycles. The van der Waals surface area contributed by atoms with Crippen LogP contribution in [0.5, 0.6) is 0 Å². The number of aliphatic hydroxyl groups excluding tert-OH is 1. The lowest BCUT2D eigenvalue weighted by molar-refractivity contribution is -0.113. The van der Waals surface area contributed by atoms with Crippen molar-refractivity contribution >= 4 is 5.71 Å². The molecule has 4 rings (SSSR count). The highest BCUT2D eigenvalue weighted by atomic mass is 16.3. The number of hydrogen-bond donors (Lipinski definition) is 2. The van der Waals surface area contributed by atoms with Crippen LogP contribution in [0.2, 0.25) is 0 Å². The second-order valence-electron chi connectivity index (χ2n) is 9.16. The minimum atomic E-state index is -0.0362. The molecule has 4 saturated carbocycles. The quantitative estimate of drug-likeness (QED) is 0.529. The van der Waals surface area contributed by atoms with Crippen molar-refractivity contribution in [1.82, 2.24) is 0 Å². The molecule has 124 valence electrons. The van der Waals surface area contributed by atoms with Crippen molar-refractivity contribution in [3.63, 3.8) is 0 Å². The summed E-state index contributed by atoms with van der Waals surface area (Å²) in [4.78, 5) is 0. The first-order valence-corrected chi connectivity index (χ1v) is 9.44. The van der Waals surface area contributed by atoms with Gasteiger partial charge in [0, 0.05) is 11.1 Å². The molecule has 7 atom stereocenters. The van der Waals surface area contributed by atoms with Crippen LogP contribution >= 0.6 is 0 Å². The van der Waals surface area contributed by atoms with E-state index in [2.05, 4.69) is 18.9 Å².